The molecule has 0 amide bonds. The van der Waals surface area contributed by atoms with Gasteiger partial charge in [0.15, 0.2) is 0 Å². The van der Waals surface area contributed by atoms with Crippen molar-refractivity contribution in [2.24, 2.45) is 7.05 Å². The minimum atomic E-state index is 1.21. The van der Waals surface area contributed by atoms with E-state index in [1.54, 1.807) is 0 Å². The zero-order chi connectivity index (χ0) is 49.0. The van der Waals surface area contributed by atoms with Crippen LogP contribution in [0, 0.1) is 0 Å². The molecular formula is C62H80N4. The molecule has 0 aliphatic heterocycles. The van der Waals surface area contributed by atoms with Gasteiger partial charge in [0.05, 0.1) is 0 Å². The summed E-state index contributed by atoms with van der Waals surface area (Å²) in [5.74, 6) is 0. The second-order valence-electron chi connectivity index (χ2n) is 14.1. The molecule has 0 spiro atoms. The average molecular weight is 881 g/mol. The van der Waals surface area contributed by atoms with Gasteiger partial charge in [0, 0.05) is 50.7 Å². The van der Waals surface area contributed by atoms with Gasteiger partial charge in [0.25, 0.3) is 0 Å². The van der Waals surface area contributed by atoms with Gasteiger partial charge in [-0.2, -0.15) is 0 Å². The van der Waals surface area contributed by atoms with Gasteiger partial charge in [-0.05, 0) is 81.8 Å². The van der Waals surface area contributed by atoms with E-state index in [0.29, 0.717) is 0 Å². The Balaban J connectivity index is 0.000000401. The van der Waals surface area contributed by atoms with Crippen LogP contribution in [0.5, 0.6) is 0 Å². The molecule has 8 aromatic carbocycles. The van der Waals surface area contributed by atoms with E-state index in [1.807, 2.05) is 120 Å². The van der Waals surface area contributed by atoms with Crippen molar-refractivity contribution in [3.05, 3.63) is 218 Å². The summed E-state index contributed by atoms with van der Waals surface area (Å²) >= 11 is 0. The number of hydrogen-bond donors (Lipinski definition) is 2. The van der Waals surface area contributed by atoms with Gasteiger partial charge >= 0.3 is 0 Å². The molecular weight excluding hydrogens is 801 g/mol. The molecule has 10 rings (SSSR count). The number of rotatable bonds is 2. The third kappa shape index (κ3) is 19.2. The highest BCUT2D eigenvalue weighted by atomic mass is 15.0. The molecule has 2 heterocycles. The van der Waals surface area contributed by atoms with Crippen LogP contribution < -0.4 is 5.32 Å². The van der Waals surface area contributed by atoms with Crippen LogP contribution in [0.4, 0.5) is 0 Å². The maximum atomic E-state index is 3.38. The molecule has 0 radical (unpaired) electrons. The highest BCUT2D eigenvalue weighted by Gasteiger charge is 2.05. The first-order valence-corrected chi connectivity index (χ1v) is 23.7. The molecule has 0 atom stereocenters. The lowest BCUT2D eigenvalue weighted by atomic mass is 10.1. The van der Waals surface area contributed by atoms with E-state index < -0.39 is 0 Å². The Kier molecular flexibility index (Phi) is 30.9. The monoisotopic (exact) mass is 881 g/mol. The Hall–Kier alpha value is -6.72. The van der Waals surface area contributed by atoms with Gasteiger partial charge < -0.3 is 19.8 Å². The zero-order valence-corrected chi connectivity index (χ0v) is 42.7. The van der Waals surface area contributed by atoms with E-state index in [1.165, 1.54) is 65.9 Å². The number of aryl methyl sites for hydroxylation is 1. The molecule has 348 valence electrons. The van der Waals surface area contributed by atoms with Crippen LogP contribution in [0.25, 0.3) is 65.9 Å². The normalized spacial score (nSPS) is 9.26. The Labute approximate surface area is 400 Å². The highest BCUT2D eigenvalue weighted by molar-refractivity contribution is 6.08. The number of aromatic amines is 1. The number of nitrogens with one attached hydrogen (secondary N) is 2. The summed E-state index contributed by atoms with van der Waals surface area (Å²) in [4.78, 5) is 5.38. The number of benzene rings is 8. The predicted octanol–water partition coefficient (Wildman–Crippen LogP) is 17.5. The second kappa shape index (κ2) is 35.6. The van der Waals surface area contributed by atoms with Crippen molar-refractivity contribution in [3.8, 4) is 22.3 Å². The van der Waals surface area contributed by atoms with Crippen LogP contribution in [0.15, 0.2) is 218 Å². The smallest absolute Gasteiger partial charge is 0.0488 e. The van der Waals surface area contributed by atoms with E-state index >= 15 is 0 Å². The lowest BCUT2D eigenvalue weighted by molar-refractivity contribution is 0.505. The molecule has 0 unspecified atom stereocenters. The summed E-state index contributed by atoms with van der Waals surface area (Å²) in [5.41, 5.74) is 10.1. The molecule has 2 aromatic heterocycles. The van der Waals surface area contributed by atoms with E-state index in [-0.39, 0.29) is 0 Å². The summed E-state index contributed by atoms with van der Waals surface area (Å²) in [6.45, 7) is 16.0. The second-order valence-corrected chi connectivity index (χ2v) is 14.1. The first-order chi connectivity index (χ1) is 32.4. The lowest BCUT2D eigenvalue weighted by Crippen LogP contribution is -1.99. The topological polar surface area (TPSA) is 36.0 Å². The standard InChI is InChI=1S/C13H11N.C12H9N.2C12H10.C3H9N.C2H7N.4C2H6/c1-14-12-8-4-2-6-10(12)11-7-3-5-9-13(11)14;1-3-7-11-9(5-1)10-6-2-4-8-12(10)13-11;2*1-3-7-11(8-4-1)12-9-5-2-6-10-12;1-4(2)3;1-3-2;4*1-2/h2-9H,1H3;1-8,13H;2*1-10H;1-3H3;3H,1-2H3;4*1-2H3. The molecule has 0 fully saturated rings. The van der Waals surface area contributed by atoms with Gasteiger partial charge in [-0.15, -0.1) is 0 Å². The van der Waals surface area contributed by atoms with E-state index in [2.05, 4.69) is 216 Å². The van der Waals surface area contributed by atoms with E-state index in [0.717, 1.165) is 0 Å². The number of aromatic nitrogens is 2. The number of H-pyrrole nitrogens is 1. The minimum absolute atomic E-state index is 1.21. The molecule has 66 heavy (non-hydrogen) atoms. The fourth-order valence-electron chi connectivity index (χ4n) is 6.44. The van der Waals surface area contributed by atoms with Crippen molar-refractivity contribution in [2.45, 2.75) is 55.4 Å². The van der Waals surface area contributed by atoms with Crippen LogP contribution in [-0.2, 0) is 7.05 Å². The molecule has 2 N–H and O–H groups in total. The van der Waals surface area contributed by atoms with Gasteiger partial charge in [0.1, 0.15) is 0 Å². The SMILES string of the molecule is CC.CC.CC.CC.CN(C)C.CNC.Cn1c2ccccc2c2ccccc21.c1ccc(-c2ccccc2)cc1.c1ccc(-c2ccccc2)cc1.c1ccc2c(c1)[nH]c1ccccc12. The van der Waals surface area contributed by atoms with E-state index in [4.69, 9.17) is 0 Å². The quantitative estimate of drug-likeness (QED) is 0.181. The van der Waals surface area contributed by atoms with Crippen molar-refractivity contribution < 1.29 is 0 Å². The average Bonchev–Trinajstić information content (AvgIpc) is 3.93. The Bertz CT molecular complexity index is 2390. The third-order valence-electron chi connectivity index (χ3n) is 9.00. The summed E-state index contributed by atoms with van der Waals surface area (Å²) < 4.78 is 2.24. The summed E-state index contributed by atoms with van der Waals surface area (Å²) in [7, 11) is 11.9. The number of para-hydroxylation sites is 4. The zero-order valence-electron chi connectivity index (χ0n) is 42.7. The first-order valence-electron chi connectivity index (χ1n) is 23.7. The Morgan fingerprint density at radius 2 is 0.515 bits per heavy atom. The predicted molar refractivity (Wildman–Crippen MR) is 300 cm³/mol. The molecule has 4 heteroatoms. The molecule has 0 aliphatic rings. The summed E-state index contributed by atoms with van der Waals surface area (Å²) in [5, 5.41) is 8.03. The molecule has 0 saturated heterocycles. The molecule has 0 bridgehead atoms. The van der Waals surface area contributed by atoms with Crippen molar-refractivity contribution in [1.82, 2.24) is 19.8 Å². The molecule has 0 saturated carbocycles. The maximum absolute atomic E-state index is 3.38. The largest absolute Gasteiger partial charge is 0.355 e. The number of nitrogens with zero attached hydrogens (tertiary/aromatic N) is 2. The van der Waals surface area contributed by atoms with Gasteiger partial charge in [0.2, 0.25) is 0 Å². The fraction of sp³-hybridized carbons (Fsp3) is 0.226. The van der Waals surface area contributed by atoms with Gasteiger partial charge in [-0.1, -0.05) is 250 Å². The fourth-order valence-corrected chi connectivity index (χ4v) is 6.44. The third-order valence-corrected chi connectivity index (χ3v) is 9.00. The van der Waals surface area contributed by atoms with Crippen molar-refractivity contribution in [1.29, 1.82) is 0 Å². The first kappa shape index (κ1) is 57.3. The van der Waals surface area contributed by atoms with Crippen molar-refractivity contribution >= 4 is 43.6 Å². The van der Waals surface area contributed by atoms with Crippen molar-refractivity contribution in [3.63, 3.8) is 0 Å². The van der Waals surface area contributed by atoms with Gasteiger partial charge in [-0.3, -0.25) is 0 Å². The van der Waals surface area contributed by atoms with Crippen molar-refractivity contribution in [2.75, 3.05) is 35.2 Å². The van der Waals surface area contributed by atoms with Crippen LogP contribution in [0.2, 0.25) is 0 Å². The van der Waals surface area contributed by atoms with Crippen LogP contribution in [-0.4, -0.2) is 49.7 Å². The number of fused-ring (bicyclic) bond motifs is 6. The molecule has 10 aromatic rings. The van der Waals surface area contributed by atoms with Gasteiger partial charge in [-0.25, -0.2) is 0 Å². The Morgan fingerprint density at radius 1 is 0.318 bits per heavy atom. The lowest BCUT2D eigenvalue weighted by Gasteiger charge is -1.98. The van der Waals surface area contributed by atoms with Crippen LogP contribution in [0.1, 0.15) is 55.4 Å². The highest BCUT2D eigenvalue weighted by Crippen LogP contribution is 2.27. The summed E-state index contributed by atoms with van der Waals surface area (Å²) in [6, 6.07) is 75.4. The van der Waals surface area contributed by atoms with E-state index in [9.17, 15) is 0 Å². The maximum Gasteiger partial charge on any atom is 0.0488 e. The van der Waals surface area contributed by atoms with Crippen LogP contribution >= 0.6 is 0 Å². The van der Waals surface area contributed by atoms with Crippen LogP contribution in [0.3, 0.4) is 0 Å². The molecule has 4 nitrogen and oxygen atoms in total. The Morgan fingerprint density at radius 3 is 0.773 bits per heavy atom. The number of hydrogen-bond acceptors (Lipinski definition) is 2. The summed E-state index contributed by atoms with van der Waals surface area (Å²) in [6.07, 6.45) is 0. The molecule has 0 aliphatic carbocycles. The minimum Gasteiger partial charge on any atom is -0.355 e.